The summed E-state index contributed by atoms with van der Waals surface area (Å²) in [4.78, 5) is 36.6. The molecule has 0 rings (SSSR count). The van der Waals surface area contributed by atoms with E-state index >= 15 is 0 Å². The van der Waals surface area contributed by atoms with Crippen LogP contribution in [0.15, 0.2) is 0 Å². The van der Waals surface area contributed by atoms with Gasteiger partial charge in [-0.2, -0.15) is 0 Å². The Morgan fingerprint density at radius 2 is 1.76 bits per heavy atom. The average molecular weight is 301 g/mol. The van der Waals surface area contributed by atoms with Crippen LogP contribution in [0.1, 0.15) is 32.6 Å². The summed E-state index contributed by atoms with van der Waals surface area (Å²) in [6.45, 7) is 2.53. The molecule has 0 aromatic carbocycles. The number of nitrogens with zero attached hydrogens (tertiary/aromatic N) is 2. The van der Waals surface area contributed by atoms with E-state index in [-0.39, 0.29) is 30.8 Å². The highest BCUT2D eigenvalue weighted by molar-refractivity contribution is 5.83. The van der Waals surface area contributed by atoms with Crippen LogP contribution in [-0.4, -0.2) is 67.0 Å². The molecule has 0 aromatic rings. The van der Waals surface area contributed by atoms with Crippen molar-refractivity contribution in [2.45, 2.75) is 32.6 Å². The first-order valence-corrected chi connectivity index (χ1v) is 7.18. The number of carboxylic acid groups (broad SMARTS) is 1. The standard InChI is InChI=1S/C14H27N3O4/c1-5-11(6-7-13(19)20)8-9-15-14(21)17(4)10-12(18)16(2)3/h11H,5-10H2,1-4H3,(H,15,21)(H,19,20). The van der Waals surface area contributed by atoms with Crippen molar-refractivity contribution in [3.05, 3.63) is 0 Å². The molecule has 21 heavy (non-hydrogen) atoms. The Kier molecular flexibility index (Phi) is 9.16. The second kappa shape index (κ2) is 10.0. The van der Waals surface area contributed by atoms with Crippen LogP contribution in [-0.2, 0) is 9.59 Å². The van der Waals surface area contributed by atoms with Gasteiger partial charge in [-0.05, 0) is 18.8 Å². The number of carbonyl (C=O) groups excluding carboxylic acids is 2. The van der Waals surface area contributed by atoms with E-state index in [2.05, 4.69) is 5.32 Å². The summed E-state index contributed by atoms with van der Waals surface area (Å²) in [5.74, 6) is -0.643. The summed E-state index contributed by atoms with van der Waals surface area (Å²) in [5, 5.41) is 11.4. The molecular formula is C14H27N3O4. The second-order valence-corrected chi connectivity index (χ2v) is 5.37. The number of hydrogen-bond acceptors (Lipinski definition) is 3. The minimum Gasteiger partial charge on any atom is -0.481 e. The van der Waals surface area contributed by atoms with E-state index in [4.69, 9.17) is 5.11 Å². The number of likely N-dealkylation sites (N-methyl/N-ethyl adjacent to an activating group) is 2. The first kappa shape index (κ1) is 19.2. The molecule has 0 spiro atoms. The molecule has 122 valence electrons. The number of urea groups is 1. The molecule has 0 saturated carbocycles. The van der Waals surface area contributed by atoms with E-state index in [1.165, 1.54) is 9.80 Å². The first-order chi connectivity index (χ1) is 9.77. The van der Waals surface area contributed by atoms with Crippen molar-refractivity contribution >= 4 is 17.9 Å². The highest BCUT2D eigenvalue weighted by atomic mass is 16.4. The molecule has 0 aliphatic heterocycles. The Hall–Kier alpha value is -1.79. The third kappa shape index (κ3) is 8.88. The van der Waals surface area contributed by atoms with Gasteiger partial charge in [0.2, 0.25) is 5.91 Å². The largest absolute Gasteiger partial charge is 0.481 e. The van der Waals surface area contributed by atoms with E-state index in [1.807, 2.05) is 6.92 Å². The minimum atomic E-state index is -0.792. The Labute approximate surface area is 126 Å². The van der Waals surface area contributed by atoms with E-state index in [0.717, 1.165) is 12.8 Å². The molecule has 0 saturated heterocycles. The van der Waals surface area contributed by atoms with Crippen LogP contribution < -0.4 is 5.32 Å². The second-order valence-electron chi connectivity index (χ2n) is 5.37. The molecule has 0 radical (unpaired) electrons. The smallest absolute Gasteiger partial charge is 0.317 e. The zero-order valence-corrected chi connectivity index (χ0v) is 13.4. The van der Waals surface area contributed by atoms with Crippen LogP contribution >= 0.6 is 0 Å². The van der Waals surface area contributed by atoms with Gasteiger partial charge in [-0.15, -0.1) is 0 Å². The minimum absolute atomic E-state index is 0.0368. The van der Waals surface area contributed by atoms with Gasteiger partial charge in [-0.25, -0.2) is 4.79 Å². The van der Waals surface area contributed by atoms with Gasteiger partial charge in [0.15, 0.2) is 0 Å². The van der Waals surface area contributed by atoms with Gasteiger partial charge < -0.3 is 20.2 Å². The molecule has 0 aliphatic carbocycles. The molecule has 0 fully saturated rings. The van der Waals surface area contributed by atoms with Crippen LogP contribution in [0.5, 0.6) is 0 Å². The van der Waals surface area contributed by atoms with Gasteiger partial charge in [-0.3, -0.25) is 9.59 Å². The molecule has 1 unspecified atom stereocenters. The number of rotatable bonds is 9. The Morgan fingerprint density at radius 1 is 1.14 bits per heavy atom. The molecule has 1 atom stereocenters. The van der Waals surface area contributed by atoms with Crippen molar-refractivity contribution in [3.8, 4) is 0 Å². The van der Waals surface area contributed by atoms with E-state index < -0.39 is 5.97 Å². The van der Waals surface area contributed by atoms with E-state index in [1.54, 1.807) is 21.1 Å². The van der Waals surface area contributed by atoms with Crippen molar-refractivity contribution in [2.75, 3.05) is 34.2 Å². The topological polar surface area (TPSA) is 90.0 Å². The first-order valence-electron chi connectivity index (χ1n) is 7.18. The van der Waals surface area contributed by atoms with Gasteiger partial charge in [0, 0.05) is 34.1 Å². The maximum absolute atomic E-state index is 11.8. The quantitative estimate of drug-likeness (QED) is 0.665. The van der Waals surface area contributed by atoms with Crippen molar-refractivity contribution in [3.63, 3.8) is 0 Å². The van der Waals surface area contributed by atoms with Crippen molar-refractivity contribution < 1.29 is 19.5 Å². The predicted octanol–water partition coefficient (Wildman–Crippen LogP) is 0.997. The number of aliphatic carboxylic acids is 1. The summed E-state index contributed by atoms with van der Waals surface area (Å²) in [6, 6.07) is -0.293. The Balaban J connectivity index is 4.00. The van der Waals surface area contributed by atoms with Crippen LogP contribution in [0.2, 0.25) is 0 Å². The summed E-state index contributed by atoms with van der Waals surface area (Å²) < 4.78 is 0. The van der Waals surface area contributed by atoms with Crippen LogP contribution in [0.3, 0.4) is 0 Å². The van der Waals surface area contributed by atoms with Gasteiger partial charge >= 0.3 is 12.0 Å². The lowest BCUT2D eigenvalue weighted by molar-refractivity contribution is -0.137. The van der Waals surface area contributed by atoms with Crippen LogP contribution in [0.25, 0.3) is 0 Å². The fourth-order valence-electron chi connectivity index (χ4n) is 1.81. The van der Waals surface area contributed by atoms with E-state index in [9.17, 15) is 14.4 Å². The number of amides is 3. The molecule has 7 nitrogen and oxygen atoms in total. The highest BCUT2D eigenvalue weighted by Crippen LogP contribution is 2.14. The molecular weight excluding hydrogens is 274 g/mol. The molecule has 0 aliphatic rings. The lowest BCUT2D eigenvalue weighted by Crippen LogP contribution is -2.43. The zero-order valence-electron chi connectivity index (χ0n) is 13.4. The molecule has 3 amide bonds. The van der Waals surface area contributed by atoms with Crippen LogP contribution in [0.4, 0.5) is 4.79 Å². The molecule has 2 N–H and O–H groups in total. The monoisotopic (exact) mass is 301 g/mol. The highest BCUT2D eigenvalue weighted by Gasteiger charge is 2.14. The van der Waals surface area contributed by atoms with Crippen molar-refractivity contribution in [2.24, 2.45) is 5.92 Å². The fourth-order valence-corrected chi connectivity index (χ4v) is 1.81. The Bertz CT molecular complexity index is 358. The zero-order chi connectivity index (χ0) is 16.4. The number of carbonyl (C=O) groups is 3. The van der Waals surface area contributed by atoms with Crippen LogP contribution in [0, 0.1) is 5.92 Å². The van der Waals surface area contributed by atoms with Crippen molar-refractivity contribution in [1.29, 1.82) is 0 Å². The lowest BCUT2D eigenvalue weighted by Gasteiger charge is -2.20. The fraction of sp³-hybridized carbons (Fsp3) is 0.786. The van der Waals surface area contributed by atoms with E-state index in [0.29, 0.717) is 13.0 Å². The SMILES string of the molecule is CCC(CCNC(=O)N(C)CC(=O)N(C)C)CCC(=O)O. The molecule has 0 aromatic heterocycles. The summed E-state index contributed by atoms with van der Waals surface area (Å²) in [7, 11) is 4.85. The normalized spacial score (nSPS) is 11.6. The average Bonchev–Trinajstić information content (AvgIpc) is 2.41. The summed E-state index contributed by atoms with van der Waals surface area (Å²) in [6.07, 6.45) is 2.41. The van der Waals surface area contributed by atoms with Gasteiger partial charge in [0.25, 0.3) is 0 Å². The lowest BCUT2D eigenvalue weighted by atomic mass is 9.97. The van der Waals surface area contributed by atoms with Gasteiger partial charge in [0.05, 0.1) is 0 Å². The number of carboxylic acids is 1. The molecule has 0 bridgehead atoms. The summed E-state index contributed by atoms with van der Waals surface area (Å²) in [5.41, 5.74) is 0. The maximum atomic E-state index is 11.8. The third-order valence-electron chi connectivity index (χ3n) is 3.39. The van der Waals surface area contributed by atoms with Gasteiger partial charge in [-0.1, -0.05) is 13.3 Å². The van der Waals surface area contributed by atoms with Gasteiger partial charge in [0.1, 0.15) is 6.54 Å². The molecule has 7 heteroatoms. The van der Waals surface area contributed by atoms with Crippen molar-refractivity contribution in [1.82, 2.24) is 15.1 Å². The molecule has 0 heterocycles. The summed E-state index contributed by atoms with van der Waals surface area (Å²) >= 11 is 0. The number of hydrogen-bond donors (Lipinski definition) is 2. The predicted molar refractivity (Wildman–Crippen MR) is 80.0 cm³/mol. The Morgan fingerprint density at radius 3 is 2.24 bits per heavy atom. The maximum Gasteiger partial charge on any atom is 0.317 e. The third-order valence-corrected chi connectivity index (χ3v) is 3.39. The number of nitrogens with one attached hydrogen (secondary N) is 1.